The number of nitrogens with zero attached hydrogens (tertiary/aromatic N) is 2. The zero-order valence-corrected chi connectivity index (χ0v) is 12.1. The van der Waals surface area contributed by atoms with Crippen molar-refractivity contribution >= 4 is 21.7 Å². The van der Waals surface area contributed by atoms with Crippen LogP contribution in [0.5, 0.6) is 0 Å². The third-order valence-corrected chi connectivity index (χ3v) is 3.19. The van der Waals surface area contributed by atoms with Crippen molar-refractivity contribution in [3.05, 3.63) is 34.1 Å². The lowest BCUT2D eigenvalue weighted by molar-refractivity contribution is -0.424. The third-order valence-electron chi connectivity index (χ3n) is 2.99. The van der Waals surface area contributed by atoms with Crippen LogP contribution >= 0.6 is 15.9 Å². The van der Waals surface area contributed by atoms with Gasteiger partial charge in [0.15, 0.2) is 0 Å². The molecule has 21 heavy (non-hydrogen) atoms. The van der Waals surface area contributed by atoms with E-state index in [1.807, 2.05) is 0 Å². The van der Waals surface area contributed by atoms with Gasteiger partial charge in [0.05, 0.1) is 18.5 Å². The summed E-state index contributed by atoms with van der Waals surface area (Å²) < 4.78 is 18.8. The fraction of sp³-hybridized carbons (Fsp3) is 0.333. The zero-order chi connectivity index (χ0) is 15.6. The highest BCUT2D eigenvalue weighted by molar-refractivity contribution is 9.12. The predicted molar refractivity (Wildman–Crippen MR) is 72.7 cm³/mol. The van der Waals surface area contributed by atoms with Crippen LogP contribution in [0.3, 0.4) is 0 Å². The first-order chi connectivity index (χ1) is 10.0. The maximum absolute atomic E-state index is 12.7. The van der Waals surface area contributed by atoms with Gasteiger partial charge in [0.1, 0.15) is 18.1 Å². The molecule has 1 aromatic heterocycles. The van der Waals surface area contributed by atoms with Crippen molar-refractivity contribution in [3.8, 4) is 10.8 Å². The molecule has 3 unspecified atom stereocenters. The summed E-state index contributed by atoms with van der Waals surface area (Å²) in [6, 6.07) is 0. The topological polar surface area (TPSA) is 113 Å². The number of aromatic nitrogens is 2. The minimum absolute atomic E-state index is 0.0908. The number of aliphatic hydroxyl groups excluding tert-OH is 1. The summed E-state index contributed by atoms with van der Waals surface area (Å²) in [5, 5.41) is 21.2. The molecule has 1 aliphatic heterocycles. The van der Waals surface area contributed by atoms with E-state index in [9.17, 15) is 14.3 Å². The van der Waals surface area contributed by atoms with Crippen LogP contribution in [-0.2, 0) is 4.74 Å². The lowest BCUT2D eigenvalue weighted by Gasteiger charge is -2.25. The molecule has 0 radical (unpaired) electrons. The second-order valence-electron chi connectivity index (χ2n) is 4.18. The van der Waals surface area contributed by atoms with E-state index in [0.29, 0.717) is 0 Å². The van der Waals surface area contributed by atoms with Crippen molar-refractivity contribution < 1.29 is 19.3 Å². The summed E-state index contributed by atoms with van der Waals surface area (Å²) in [6.07, 6.45) is -2.81. The van der Waals surface area contributed by atoms with Gasteiger partial charge in [-0.1, -0.05) is 6.10 Å². The molecule has 9 heteroatoms. The molecule has 1 aliphatic rings. The molecule has 3 N–H and O–H groups in total. The average molecular weight is 359 g/mol. The minimum atomic E-state index is -1.68. The first-order valence-electron chi connectivity index (χ1n) is 5.76. The maximum atomic E-state index is 12.7. The first kappa shape index (κ1) is 15.7. The normalized spacial score (nSPS) is 26.7. The second-order valence-corrected chi connectivity index (χ2v) is 4.57. The molecule has 7 nitrogen and oxygen atoms in total. The van der Waals surface area contributed by atoms with Crippen LogP contribution in [0.15, 0.2) is 22.9 Å². The summed E-state index contributed by atoms with van der Waals surface area (Å²) in [4.78, 5) is 17.8. The fourth-order valence-corrected chi connectivity index (χ4v) is 2.18. The van der Waals surface area contributed by atoms with Crippen LogP contribution in [0, 0.1) is 10.8 Å². The summed E-state index contributed by atoms with van der Waals surface area (Å²) >= 11 is 2.88. The highest BCUT2D eigenvalue weighted by atomic mass is 79.9. The third kappa shape index (κ3) is 2.84. The molecule has 0 amide bonds. The van der Waals surface area contributed by atoms with Gasteiger partial charge in [-0.2, -0.15) is 4.98 Å². The van der Waals surface area contributed by atoms with E-state index in [2.05, 4.69) is 31.7 Å². The van der Waals surface area contributed by atoms with Gasteiger partial charge in [-0.15, -0.1) is 0 Å². The number of nitrogens with two attached hydrogens (primary N) is 1. The van der Waals surface area contributed by atoms with E-state index in [1.54, 1.807) is 0 Å². The summed E-state index contributed by atoms with van der Waals surface area (Å²) in [7, 11) is 0. The molecule has 112 valence electrons. The number of hydrogen-bond acceptors (Lipinski definition) is 6. The number of halogens is 2. The highest BCUT2D eigenvalue weighted by Crippen LogP contribution is 2.31. The number of anilines is 1. The Balaban J connectivity index is 2.49. The maximum Gasteiger partial charge on any atom is 0.351 e. The summed E-state index contributed by atoms with van der Waals surface area (Å²) in [6.45, 7) is -0.573. The van der Waals surface area contributed by atoms with Crippen molar-refractivity contribution in [1.29, 1.82) is 0 Å². The number of nitrogen functional groups attached to an aromatic ring is 1. The molecule has 0 aliphatic carbocycles. The van der Waals surface area contributed by atoms with Gasteiger partial charge < -0.3 is 20.7 Å². The Kier molecular flexibility index (Phi) is 4.74. The fourth-order valence-electron chi connectivity index (χ4n) is 1.97. The Morgan fingerprint density at radius 3 is 2.95 bits per heavy atom. The molecule has 1 aromatic rings. The molecular formula is C12H10BrFN3O4-. The number of hydrogen-bond donors (Lipinski definition) is 2. The van der Waals surface area contributed by atoms with Crippen LogP contribution in [0.1, 0.15) is 11.8 Å². The second kappa shape index (κ2) is 6.36. The van der Waals surface area contributed by atoms with E-state index in [4.69, 9.17) is 15.6 Å². The van der Waals surface area contributed by atoms with Gasteiger partial charge in [0.25, 0.3) is 0 Å². The van der Waals surface area contributed by atoms with Crippen LogP contribution in [-0.4, -0.2) is 33.5 Å². The van der Waals surface area contributed by atoms with Gasteiger partial charge in [0, 0.05) is 22.1 Å². The Hall–Kier alpha value is -1.73. The van der Waals surface area contributed by atoms with Gasteiger partial charge in [-0.05, 0) is 16.3 Å². The van der Waals surface area contributed by atoms with E-state index in [-0.39, 0.29) is 23.3 Å². The number of ether oxygens (including phenoxy) is 1. The minimum Gasteiger partial charge on any atom is -0.845 e. The smallest absolute Gasteiger partial charge is 0.351 e. The van der Waals surface area contributed by atoms with Gasteiger partial charge in [-0.3, -0.25) is 4.57 Å². The van der Waals surface area contributed by atoms with E-state index in [1.165, 1.54) is 6.20 Å². The monoisotopic (exact) mass is 358 g/mol. The van der Waals surface area contributed by atoms with E-state index >= 15 is 0 Å². The lowest BCUT2D eigenvalue weighted by Crippen LogP contribution is -2.39. The predicted octanol–water partition coefficient (Wildman–Crippen LogP) is -0.999. The summed E-state index contributed by atoms with van der Waals surface area (Å²) in [5.74, 6) is 2.46. The van der Waals surface area contributed by atoms with E-state index in [0.717, 1.165) is 4.57 Å². The van der Waals surface area contributed by atoms with Crippen LogP contribution < -0.4 is 16.5 Å². The molecule has 0 bridgehead atoms. The quantitative estimate of drug-likeness (QED) is 0.655. The average Bonchev–Trinajstić information content (AvgIpc) is 2.78. The molecule has 2 heterocycles. The summed E-state index contributed by atoms with van der Waals surface area (Å²) in [5.41, 5.74) is 4.66. The van der Waals surface area contributed by atoms with Crippen molar-refractivity contribution in [3.63, 3.8) is 0 Å². The first-order valence-corrected chi connectivity index (χ1v) is 6.55. The Morgan fingerprint density at radius 1 is 1.71 bits per heavy atom. The highest BCUT2D eigenvalue weighted by Gasteiger charge is 2.35. The van der Waals surface area contributed by atoms with Crippen molar-refractivity contribution in [2.75, 3.05) is 12.3 Å². The van der Waals surface area contributed by atoms with Crippen molar-refractivity contribution in [2.45, 2.75) is 18.4 Å². The molecule has 0 aromatic carbocycles. The lowest BCUT2D eigenvalue weighted by atomic mass is 10.1. The Bertz CT molecular complexity index is 694. The standard InChI is InChI=1S/C12H10BrFN3O4/c13-2-1-6-4-17(12(20)16-10(6)15)11-9(19)7(3-14)8(5-18)21-11/h3-4,8-9,11,18H,5H2,(H2,15,16,20)/q-1/b7-3-. The molecule has 2 rings (SSSR count). The molecular weight excluding hydrogens is 349 g/mol. The number of aliphatic hydroxyl groups is 1. The van der Waals surface area contributed by atoms with Gasteiger partial charge in [-0.25, -0.2) is 9.18 Å². The molecule has 0 spiro atoms. The van der Waals surface area contributed by atoms with E-state index < -0.39 is 30.7 Å². The molecule has 3 atom stereocenters. The molecule has 1 fully saturated rings. The zero-order valence-electron chi connectivity index (χ0n) is 10.5. The van der Waals surface area contributed by atoms with Crippen LogP contribution in [0.2, 0.25) is 0 Å². The molecule has 1 saturated heterocycles. The van der Waals surface area contributed by atoms with Gasteiger partial charge >= 0.3 is 5.69 Å². The van der Waals surface area contributed by atoms with Crippen molar-refractivity contribution in [2.24, 2.45) is 0 Å². The SMILES string of the molecule is Nc1nc(=O)n(C2OC(CO)/C(=C/F)C2[O-])cc1C#CBr. The Morgan fingerprint density at radius 2 is 2.43 bits per heavy atom. The molecule has 0 saturated carbocycles. The Labute approximate surface area is 127 Å². The van der Waals surface area contributed by atoms with Crippen LogP contribution in [0.4, 0.5) is 10.2 Å². The number of rotatable bonds is 2. The van der Waals surface area contributed by atoms with Crippen molar-refractivity contribution in [1.82, 2.24) is 9.55 Å². The van der Waals surface area contributed by atoms with Crippen LogP contribution in [0.25, 0.3) is 0 Å². The largest absolute Gasteiger partial charge is 0.845 e. The van der Waals surface area contributed by atoms with Gasteiger partial charge in [0.2, 0.25) is 0 Å².